The monoisotopic (exact) mass is 483 g/mol. The molecule has 2 heterocycles. The number of benzene rings is 3. The number of rotatable bonds is 8. The summed E-state index contributed by atoms with van der Waals surface area (Å²) < 4.78 is 12.7. The van der Waals surface area contributed by atoms with Gasteiger partial charge in [0.1, 0.15) is 23.3 Å². The zero-order valence-electron chi connectivity index (χ0n) is 20.1. The number of aliphatic hydroxyl groups is 1. The number of aromatic nitrogens is 2. The Labute approximate surface area is 210 Å². The summed E-state index contributed by atoms with van der Waals surface area (Å²) in [5, 5.41) is 13.0. The van der Waals surface area contributed by atoms with E-state index in [1.807, 2.05) is 60.7 Å². The Kier molecular flexibility index (Phi) is 6.84. The molecule has 0 unspecified atom stereocenters. The SMILES string of the molecule is COc1ccc(C(Nc2ccn([C@H]3CC[C@@H](CO)O3)c(=O)n2)(c2ccccc2)c2ccccc2)cc1. The quantitative estimate of drug-likeness (QED) is 0.363. The highest BCUT2D eigenvalue weighted by Crippen LogP contribution is 2.40. The number of nitrogens with one attached hydrogen (secondary N) is 1. The third kappa shape index (κ3) is 4.51. The first-order valence-corrected chi connectivity index (χ1v) is 12.0. The standard InChI is InChI=1S/C29H29N3O4/c1-35-24-14-12-23(13-15-24)29(21-8-4-2-5-9-21,22-10-6-3-7-11-22)31-26-18-19-32(28(34)30-26)27-17-16-25(20-33)36-27/h2-15,18-19,25,27,33H,16-17,20H2,1H3,(H,30,31,34)/t25-,27+/m0/s1. The maximum Gasteiger partial charge on any atom is 0.351 e. The van der Waals surface area contributed by atoms with Gasteiger partial charge in [0.15, 0.2) is 0 Å². The van der Waals surface area contributed by atoms with Crippen LogP contribution in [0.4, 0.5) is 5.82 Å². The fraction of sp³-hybridized carbons (Fsp3) is 0.241. The third-order valence-electron chi connectivity index (χ3n) is 6.68. The van der Waals surface area contributed by atoms with E-state index >= 15 is 0 Å². The predicted molar refractivity (Wildman–Crippen MR) is 138 cm³/mol. The molecule has 1 aliphatic heterocycles. The van der Waals surface area contributed by atoms with Gasteiger partial charge < -0.3 is 19.9 Å². The summed E-state index contributed by atoms with van der Waals surface area (Å²) in [6, 6.07) is 29.9. The van der Waals surface area contributed by atoms with Gasteiger partial charge in [0.2, 0.25) is 0 Å². The molecule has 3 aromatic carbocycles. The largest absolute Gasteiger partial charge is 0.497 e. The first-order valence-electron chi connectivity index (χ1n) is 12.0. The number of ether oxygens (including phenoxy) is 2. The van der Waals surface area contributed by atoms with E-state index in [0.29, 0.717) is 18.7 Å². The van der Waals surface area contributed by atoms with E-state index in [1.165, 1.54) is 4.57 Å². The van der Waals surface area contributed by atoms with E-state index in [0.717, 1.165) is 22.4 Å². The molecule has 0 bridgehead atoms. The summed E-state index contributed by atoms with van der Waals surface area (Å²) in [5.41, 5.74) is 1.73. The van der Waals surface area contributed by atoms with Crippen molar-refractivity contribution in [3.8, 4) is 5.75 Å². The Morgan fingerprint density at radius 1 is 0.944 bits per heavy atom. The summed E-state index contributed by atoms with van der Waals surface area (Å²) in [7, 11) is 1.64. The average Bonchev–Trinajstić information content (AvgIpc) is 3.42. The Morgan fingerprint density at radius 3 is 2.08 bits per heavy atom. The molecule has 184 valence electrons. The summed E-state index contributed by atoms with van der Waals surface area (Å²) in [6.45, 7) is -0.0587. The van der Waals surface area contributed by atoms with Crippen LogP contribution in [0.2, 0.25) is 0 Å². The minimum Gasteiger partial charge on any atom is -0.497 e. The van der Waals surface area contributed by atoms with Gasteiger partial charge in [-0.05, 0) is 47.7 Å². The molecule has 1 fully saturated rings. The smallest absolute Gasteiger partial charge is 0.351 e. The molecule has 7 heteroatoms. The molecule has 2 atom stereocenters. The van der Waals surface area contributed by atoms with Crippen molar-refractivity contribution in [1.29, 1.82) is 0 Å². The molecular formula is C29H29N3O4. The van der Waals surface area contributed by atoms with Crippen LogP contribution >= 0.6 is 0 Å². The minimum absolute atomic E-state index is 0.0587. The van der Waals surface area contributed by atoms with E-state index < -0.39 is 17.5 Å². The van der Waals surface area contributed by atoms with E-state index in [-0.39, 0.29) is 12.7 Å². The molecule has 5 rings (SSSR count). The number of hydrogen-bond acceptors (Lipinski definition) is 6. The first kappa shape index (κ1) is 23.8. The molecule has 2 N–H and O–H groups in total. The molecule has 0 saturated carbocycles. The molecule has 1 aromatic heterocycles. The number of methoxy groups -OCH3 is 1. The van der Waals surface area contributed by atoms with Crippen molar-refractivity contribution < 1.29 is 14.6 Å². The summed E-state index contributed by atoms with van der Waals surface area (Å²) in [6.07, 6.45) is 2.39. The van der Waals surface area contributed by atoms with E-state index in [2.05, 4.69) is 34.6 Å². The Hall–Kier alpha value is -3.94. The Morgan fingerprint density at radius 2 is 1.56 bits per heavy atom. The lowest BCUT2D eigenvalue weighted by Gasteiger charge is -2.37. The lowest BCUT2D eigenvalue weighted by molar-refractivity contribution is -0.0245. The molecule has 36 heavy (non-hydrogen) atoms. The van der Waals surface area contributed by atoms with Crippen molar-refractivity contribution in [2.75, 3.05) is 19.0 Å². The topological polar surface area (TPSA) is 85.6 Å². The van der Waals surface area contributed by atoms with Gasteiger partial charge in [-0.2, -0.15) is 4.98 Å². The van der Waals surface area contributed by atoms with Crippen molar-refractivity contribution in [1.82, 2.24) is 9.55 Å². The zero-order valence-corrected chi connectivity index (χ0v) is 20.1. The Balaban J connectivity index is 1.62. The fourth-order valence-electron chi connectivity index (χ4n) is 4.85. The van der Waals surface area contributed by atoms with Crippen molar-refractivity contribution in [2.24, 2.45) is 0 Å². The van der Waals surface area contributed by atoms with Crippen molar-refractivity contribution >= 4 is 5.82 Å². The van der Waals surface area contributed by atoms with Crippen LogP contribution in [-0.2, 0) is 10.3 Å². The lowest BCUT2D eigenvalue weighted by Crippen LogP contribution is -2.39. The molecule has 0 aliphatic carbocycles. The molecule has 1 saturated heterocycles. The fourth-order valence-corrected chi connectivity index (χ4v) is 4.85. The van der Waals surface area contributed by atoms with Gasteiger partial charge in [0.25, 0.3) is 0 Å². The normalized spacial score (nSPS) is 17.6. The summed E-state index contributed by atoms with van der Waals surface area (Å²) in [4.78, 5) is 17.4. The summed E-state index contributed by atoms with van der Waals surface area (Å²) >= 11 is 0. The predicted octanol–water partition coefficient (Wildman–Crippen LogP) is 4.33. The number of aliphatic hydroxyl groups excluding tert-OH is 1. The maximum atomic E-state index is 13.1. The number of nitrogens with zero attached hydrogens (tertiary/aromatic N) is 2. The van der Waals surface area contributed by atoms with Crippen LogP contribution in [-0.4, -0.2) is 34.5 Å². The molecule has 7 nitrogen and oxygen atoms in total. The molecule has 1 aliphatic rings. The molecular weight excluding hydrogens is 454 g/mol. The van der Waals surface area contributed by atoms with Crippen LogP contribution < -0.4 is 15.7 Å². The minimum atomic E-state index is -0.827. The highest BCUT2D eigenvalue weighted by atomic mass is 16.5. The molecule has 0 spiro atoms. The third-order valence-corrected chi connectivity index (χ3v) is 6.68. The first-order chi connectivity index (χ1) is 17.6. The number of anilines is 1. The highest BCUT2D eigenvalue weighted by molar-refractivity contribution is 5.58. The van der Waals surface area contributed by atoms with Crippen molar-refractivity contribution in [2.45, 2.75) is 30.7 Å². The van der Waals surface area contributed by atoms with Gasteiger partial charge in [-0.15, -0.1) is 0 Å². The summed E-state index contributed by atoms with van der Waals surface area (Å²) in [5.74, 6) is 1.20. The molecule has 0 radical (unpaired) electrons. The number of hydrogen-bond donors (Lipinski definition) is 2. The highest BCUT2D eigenvalue weighted by Gasteiger charge is 2.37. The van der Waals surface area contributed by atoms with Gasteiger partial charge >= 0.3 is 5.69 Å². The lowest BCUT2D eigenvalue weighted by atomic mass is 9.77. The van der Waals surface area contributed by atoms with Crippen LogP contribution in [0.3, 0.4) is 0 Å². The van der Waals surface area contributed by atoms with Gasteiger partial charge in [-0.1, -0.05) is 72.8 Å². The van der Waals surface area contributed by atoms with E-state index in [4.69, 9.17) is 9.47 Å². The van der Waals surface area contributed by atoms with Gasteiger partial charge in [0, 0.05) is 6.20 Å². The second-order valence-corrected chi connectivity index (χ2v) is 8.81. The average molecular weight is 484 g/mol. The van der Waals surface area contributed by atoms with Gasteiger partial charge in [0.05, 0.1) is 19.8 Å². The van der Waals surface area contributed by atoms with Crippen LogP contribution in [0.15, 0.2) is 102 Å². The molecule has 0 amide bonds. The van der Waals surface area contributed by atoms with E-state index in [9.17, 15) is 9.90 Å². The van der Waals surface area contributed by atoms with Gasteiger partial charge in [-0.3, -0.25) is 4.57 Å². The van der Waals surface area contributed by atoms with Crippen LogP contribution in [0, 0.1) is 0 Å². The zero-order chi connectivity index (χ0) is 25.0. The van der Waals surface area contributed by atoms with Gasteiger partial charge in [-0.25, -0.2) is 4.79 Å². The second-order valence-electron chi connectivity index (χ2n) is 8.81. The Bertz CT molecular complexity index is 1300. The van der Waals surface area contributed by atoms with Crippen LogP contribution in [0.25, 0.3) is 0 Å². The van der Waals surface area contributed by atoms with Crippen LogP contribution in [0.5, 0.6) is 5.75 Å². The molecule has 4 aromatic rings. The van der Waals surface area contributed by atoms with Crippen molar-refractivity contribution in [3.63, 3.8) is 0 Å². The van der Waals surface area contributed by atoms with Crippen LogP contribution in [0.1, 0.15) is 35.8 Å². The van der Waals surface area contributed by atoms with E-state index in [1.54, 1.807) is 19.4 Å². The van der Waals surface area contributed by atoms with Crippen molar-refractivity contribution in [3.05, 3.63) is 124 Å². The maximum absolute atomic E-state index is 13.1. The second kappa shape index (κ2) is 10.4.